The molecule has 1 N–H and O–H groups in total. The molecule has 1 aliphatic heterocycles. The maximum atomic E-state index is 13.9. The zero-order chi connectivity index (χ0) is 34.8. The number of anilines is 1. The predicted molar refractivity (Wildman–Crippen MR) is 187 cm³/mol. The summed E-state index contributed by atoms with van der Waals surface area (Å²) in [6.45, 7) is 6.11. The smallest absolute Gasteiger partial charge is 0.264 e. The van der Waals surface area contributed by atoms with Gasteiger partial charge in [-0.05, 0) is 68.0 Å². The quantitative estimate of drug-likeness (QED) is 0.176. The Bertz CT molecular complexity index is 2000. The minimum atomic E-state index is -4.11. The van der Waals surface area contributed by atoms with Gasteiger partial charge in [0.2, 0.25) is 5.88 Å². The minimum Gasteiger partial charge on any atom is -0.337 e. The largest absolute Gasteiger partial charge is 0.337 e. The Morgan fingerprint density at radius 3 is 2.53 bits per heavy atom. The third kappa shape index (κ3) is 6.87. The van der Waals surface area contributed by atoms with E-state index in [1.54, 1.807) is 68.4 Å². The van der Waals surface area contributed by atoms with Crippen LogP contribution in [0.1, 0.15) is 84.6 Å². The molecule has 11 nitrogen and oxygen atoms in total. The van der Waals surface area contributed by atoms with E-state index < -0.39 is 15.6 Å². The number of hydrogen-bond acceptors (Lipinski definition) is 8. The van der Waals surface area contributed by atoms with E-state index in [0.717, 1.165) is 61.9 Å². The Kier molecular flexibility index (Phi) is 9.69. The van der Waals surface area contributed by atoms with E-state index >= 15 is 0 Å². The van der Waals surface area contributed by atoms with Crippen molar-refractivity contribution in [2.24, 2.45) is 4.99 Å². The van der Waals surface area contributed by atoms with Crippen molar-refractivity contribution in [3.63, 3.8) is 0 Å². The molecule has 0 bridgehead atoms. The Hall–Kier alpha value is -4.84. The minimum absolute atomic E-state index is 0.0468. The zero-order valence-corrected chi connectivity index (χ0v) is 29.2. The second-order valence-corrected chi connectivity index (χ2v) is 14.6. The normalized spacial score (nSPS) is 15.6. The van der Waals surface area contributed by atoms with Gasteiger partial charge in [-0.15, -0.1) is 0 Å². The summed E-state index contributed by atoms with van der Waals surface area (Å²) >= 11 is 0. The summed E-state index contributed by atoms with van der Waals surface area (Å²) in [5, 5.41) is 3.88. The number of aliphatic imine (C=N–C) groups is 1. The number of aromatic nitrogens is 2. The average Bonchev–Trinajstić information content (AvgIpc) is 3.78. The highest BCUT2D eigenvalue weighted by atomic mass is 32.2. The van der Waals surface area contributed by atoms with Crippen molar-refractivity contribution in [2.45, 2.75) is 89.2 Å². The van der Waals surface area contributed by atoms with Crippen LogP contribution in [0.15, 0.2) is 81.4 Å². The maximum absolute atomic E-state index is 13.9. The van der Waals surface area contributed by atoms with Gasteiger partial charge in [0, 0.05) is 43.5 Å². The van der Waals surface area contributed by atoms with E-state index in [1.807, 2.05) is 23.1 Å². The monoisotopic (exact) mass is 682 g/mol. The number of nitrogens with zero attached hydrogens (tertiary/aromatic N) is 5. The summed E-state index contributed by atoms with van der Waals surface area (Å²) < 4.78 is 35.5. The highest BCUT2D eigenvalue weighted by Crippen LogP contribution is 2.40. The number of amides is 2. The van der Waals surface area contributed by atoms with Crippen molar-refractivity contribution >= 4 is 33.6 Å². The lowest BCUT2D eigenvalue weighted by atomic mass is 9.95. The first-order valence-corrected chi connectivity index (χ1v) is 18.2. The maximum Gasteiger partial charge on any atom is 0.264 e. The number of amidine groups is 1. The van der Waals surface area contributed by atoms with Gasteiger partial charge in [-0.25, -0.2) is 13.1 Å². The summed E-state index contributed by atoms with van der Waals surface area (Å²) in [7, 11) is -2.41. The standard InChI is InChI=1S/C37H42N6O5S/c1-5-6-15-33-39-37(18-9-10-19-37)36(45)43(33)23-27-16-17-30(29(21-27)24-42(4)35(44)28-12-11-20-38-22-28)31-13-7-8-14-32(31)49(46,47)41-34-25(2)26(3)40-48-34/h7-8,11-14,16-17,20-22,41H,5-6,9-10,15,18-19,23-24H2,1-4H3. The van der Waals surface area contributed by atoms with Crippen LogP contribution >= 0.6 is 0 Å². The zero-order valence-electron chi connectivity index (χ0n) is 28.4. The Labute approximate surface area is 287 Å². The van der Waals surface area contributed by atoms with Crippen LogP contribution in [0.2, 0.25) is 0 Å². The molecule has 256 valence electrons. The molecule has 2 amide bonds. The lowest BCUT2D eigenvalue weighted by Crippen LogP contribution is -2.40. The van der Waals surface area contributed by atoms with Crippen LogP contribution in [0.25, 0.3) is 11.1 Å². The van der Waals surface area contributed by atoms with Gasteiger partial charge in [-0.3, -0.25) is 24.5 Å². The SMILES string of the molecule is CCCCC1=NC2(CCCC2)C(=O)N1Cc1ccc(-c2ccccc2S(=O)(=O)Nc2onc(C)c2C)c(CN(C)C(=O)c2cccnc2)c1. The first-order valence-electron chi connectivity index (χ1n) is 16.8. The summed E-state index contributed by atoms with van der Waals surface area (Å²) in [6.07, 6.45) is 9.34. The van der Waals surface area contributed by atoms with Gasteiger partial charge < -0.3 is 9.42 Å². The highest BCUT2D eigenvalue weighted by Gasteiger charge is 2.49. The molecule has 2 aromatic carbocycles. The van der Waals surface area contributed by atoms with Crippen molar-refractivity contribution in [3.8, 4) is 11.1 Å². The van der Waals surface area contributed by atoms with Gasteiger partial charge >= 0.3 is 0 Å². The molecule has 1 fully saturated rings. The van der Waals surface area contributed by atoms with Crippen LogP contribution in [0.4, 0.5) is 5.88 Å². The molecule has 12 heteroatoms. The van der Waals surface area contributed by atoms with E-state index in [-0.39, 0.29) is 29.1 Å². The molecule has 1 spiro atoms. The van der Waals surface area contributed by atoms with Crippen molar-refractivity contribution in [1.29, 1.82) is 0 Å². The molecule has 2 aromatic heterocycles. The summed E-state index contributed by atoms with van der Waals surface area (Å²) in [5.41, 5.74) is 3.65. The van der Waals surface area contributed by atoms with Crippen LogP contribution in [0, 0.1) is 13.8 Å². The second-order valence-electron chi connectivity index (χ2n) is 13.0. The summed E-state index contributed by atoms with van der Waals surface area (Å²) in [5.74, 6) is 0.727. The fourth-order valence-electron chi connectivity index (χ4n) is 6.67. The van der Waals surface area contributed by atoms with Crippen molar-refractivity contribution < 1.29 is 22.5 Å². The molecule has 0 unspecified atom stereocenters. The summed E-state index contributed by atoms with van der Waals surface area (Å²) in [4.78, 5) is 40.0. The topological polar surface area (TPSA) is 138 Å². The molecular weight excluding hydrogens is 641 g/mol. The number of hydrogen-bond donors (Lipinski definition) is 1. The second kappa shape index (κ2) is 13.9. The third-order valence-corrected chi connectivity index (χ3v) is 10.9. The van der Waals surface area contributed by atoms with E-state index in [0.29, 0.717) is 34.5 Å². The number of benzene rings is 2. The van der Waals surface area contributed by atoms with Crippen LogP contribution in [0.5, 0.6) is 0 Å². The molecule has 0 radical (unpaired) electrons. The first kappa shape index (κ1) is 34.0. The predicted octanol–water partition coefficient (Wildman–Crippen LogP) is 6.67. The summed E-state index contributed by atoms with van der Waals surface area (Å²) in [6, 6.07) is 15.9. The molecule has 2 aliphatic rings. The van der Waals surface area contributed by atoms with Crippen LogP contribution < -0.4 is 4.72 Å². The molecule has 1 saturated carbocycles. The van der Waals surface area contributed by atoms with Gasteiger partial charge in [0.25, 0.3) is 21.8 Å². The third-order valence-electron chi connectivity index (χ3n) is 9.51. The fraction of sp³-hybridized carbons (Fsp3) is 0.378. The fourth-order valence-corrected chi connectivity index (χ4v) is 7.94. The molecule has 3 heterocycles. The molecule has 4 aromatic rings. The van der Waals surface area contributed by atoms with Gasteiger partial charge in [-0.1, -0.05) is 67.7 Å². The number of aryl methyl sites for hydroxylation is 1. The van der Waals surface area contributed by atoms with E-state index in [1.165, 1.54) is 6.20 Å². The van der Waals surface area contributed by atoms with Gasteiger partial charge in [0.15, 0.2) is 0 Å². The van der Waals surface area contributed by atoms with Crippen LogP contribution in [-0.2, 0) is 27.9 Å². The molecule has 1 aliphatic carbocycles. The van der Waals surface area contributed by atoms with E-state index in [4.69, 9.17) is 9.52 Å². The van der Waals surface area contributed by atoms with Gasteiger partial charge in [0.1, 0.15) is 11.4 Å². The van der Waals surface area contributed by atoms with Gasteiger partial charge in [0.05, 0.1) is 22.7 Å². The number of unbranched alkanes of at least 4 members (excludes halogenated alkanes) is 1. The van der Waals surface area contributed by atoms with Crippen molar-refractivity contribution in [3.05, 3.63) is 94.9 Å². The Balaban J connectivity index is 1.39. The number of rotatable bonds is 12. The number of nitrogens with one attached hydrogen (secondary N) is 1. The Morgan fingerprint density at radius 2 is 1.84 bits per heavy atom. The molecule has 0 saturated heterocycles. The first-order chi connectivity index (χ1) is 23.5. The van der Waals surface area contributed by atoms with Crippen molar-refractivity contribution in [1.82, 2.24) is 19.9 Å². The lowest BCUT2D eigenvalue weighted by molar-refractivity contribution is -0.131. The molecular formula is C37H42N6O5S. The van der Waals surface area contributed by atoms with E-state index in [2.05, 4.69) is 21.8 Å². The van der Waals surface area contributed by atoms with Crippen molar-refractivity contribution in [2.75, 3.05) is 11.8 Å². The average molecular weight is 683 g/mol. The number of carbonyl (C=O) groups is 2. The molecule has 0 atom stereocenters. The van der Waals surface area contributed by atoms with E-state index in [9.17, 15) is 18.0 Å². The highest BCUT2D eigenvalue weighted by molar-refractivity contribution is 7.92. The van der Waals surface area contributed by atoms with Crippen LogP contribution in [0.3, 0.4) is 0 Å². The number of carbonyl (C=O) groups excluding carboxylic acids is 2. The van der Waals surface area contributed by atoms with Crippen LogP contribution in [-0.4, -0.2) is 58.6 Å². The number of sulfonamides is 1. The molecule has 49 heavy (non-hydrogen) atoms. The lowest BCUT2D eigenvalue weighted by Gasteiger charge is -2.24. The molecule has 6 rings (SSSR count). The van der Waals surface area contributed by atoms with Gasteiger partial charge in [-0.2, -0.15) is 0 Å². The Morgan fingerprint density at radius 1 is 1.06 bits per heavy atom. The number of pyridine rings is 1.